The smallest absolute Gasteiger partial charge is 0.278 e. The second kappa shape index (κ2) is 7.95. The molecule has 9 heteroatoms. The van der Waals surface area contributed by atoms with Gasteiger partial charge in [0.2, 0.25) is 5.91 Å². The molecule has 1 aliphatic heterocycles. The lowest BCUT2D eigenvalue weighted by atomic mass is 10.0. The van der Waals surface area contributed by atoms with Gasteiger partial charge in [-0.2, -0.15) is 0 Å². The molecule has 0 aliphatic carbocycles. The van der Waals surface area contributed by atoms with E-state index in [1.165, 1.54) is 9.58 Å². The number of nitrogens with zero attached hydrogens (tertiary/aromatic N) is 3. The van der Waals surface area contributed by atoms with Gasteiger partial charge in [-0.1, -0.05) is 20.8 Å². The van der Waals surface area contributed by atoms with Crippen LogP contribution in [-0.2, 0) is 11.3 Å². The summed E-state index contributed by atoms with van der Waals surface area (Å²) in [4.78, 5) is 56.6. The zero-order chi connectivity index (χ0) is 20.4. The number of hydrogen-bond acceptors (Lipinski definition) is 5. The standard InChI is InChI=1S/C19H25N5O4/c1-4-8-23-16-15(18(27)21-19(23)28)12(10-13(20-16)11(2)3)17(26)22-24-9-6-5-7-14(24)25/h10-11H,4-9H2,1-3H3,(H,22,26)(H,21,27,28). The molecule has 2 N–H and O–H groups in total. The minimum atomic E-state index is -0.662. The van der Waals surface area contributed by atoms with Gasteiger partial charge in [0.25, 0.3) is 11.5 Å². The predicted octanol–water partition coefficient (Wildman–Crippen LogP) is 1.28. The summed E-state index contributed by atoms with van der Waals surface area (Å²) in [7, 11) is 0. The van der Waals surface area contributed by atoms with Crippen molar-refractivity contribution in [2.45, 2.75) is 58.9 Å². The second-order valence-corrected chi connectivity index (χ2v) is 7.30. The minimum Gasteiger partial charge on any atom is -0.278 e. The summed E-state index contributed by atoms with van der Waals surface area (Å²) in [6, 6.07) is 1.56. The van der Waals surface area contributed by atoms with E-state index in [9.17, 15) is 19.2 Å². The first-order valence-electron chi connectivity index (χ1n) is 9.62. The van der Waals surface area contributed by atoms with Crippen LogP contribution in [0.5, 0.6) is 0 Å². The molecule has 2 amide bonds. The molecule has 9 nitrogen and oxygen atoms in total. The van der Waals surface area contributed by atoms with Crippen LogP contribution < -0.4 is 16.7 Å². The number of piperidine rings is 1. The number of fused-ring (bicyclic) bond motifs is 1. The highest BCUT2D eigenvalue weighted by atomic mass is 16.2. The quantitative estimate of drug-likeness (QED) is 0.801. The van der Waals surface area contributed by atoms with Gasteiger partial charge in [-0.3, -0.25) is 34.4 Å². The average molecular weight is 387 g/mol. The number of carbonyl (C=O) groups is 2. The van der Waals surface area contributed by atoms with Crippen molar-refractivity contribution in [2.24, 2.45) is 0 Å². The number of aryl methyl sites for hydroxylation is 1. The molecule has 150 valence electrons. The maximum atomic E-state index is 13.0. The largest absolute Gasteiger partial charge is 0.329 e. The molecule has 2 aromatic rings. The number of hydrogen-bond donors (Lipinski definition) is 2. The first kappa shape index (κ1) is 19.8. The van der Waals surface area contributed by atoms with E-state index in [4.69, 9.17) is 0 Å². The van der Waals surface area contributed by atoms with Crippen LogP contribution in [0.15, 0.2) is 15.7 Å². The van der Waals surface area contributed by atoms with Gasteiger partial charge < -0.3 is 0 Å². The summed E-state index contributed by atoms with van der Waals surface area (Å²) in [6.07, 6.45) is 2.64. The highest BCUT2D eigenvalue weighted by Gasteiger charge is 2.24. The lowest BCUT2D eigenvalue weighted by Gasteiger charge is -2.27. The van der Waals surface area contributed by atoms with Crippen LogP contribution in [0.4, 0.5) is 0 Å². The maximum Gasteiger partial charge on any atom is 0.329 e. The van der Waals surface area contributed by atoms with Gasteiger partial charge >= 0.3 is 5.69 Å². The molecule has 1 fully saturated rings. The lowest BCUT2D eigenvalue weighted by Crippen LogP contribution is -2.48. The minimum absolute atomic E-state index is 0.0166. The van der Waals surface area contributed by atoms with Crippen molar-refractivity contribution in [3.05, 3.63) is 38.2 Å². The molecule has 0 saturated carbocycles. The third-order valence-corrected chi connectivity index (χ3v) is 4.81. The molecule has 3 rings (SSSR count). The predicted molar refractivity (Wildman–Crippen MR) is 104 cm³/mol. The van der Waals surface area contributed by atoms with E-state index in [1.807, 2.05) is 20.8 Å². The van der Waals surface area contributed by atoms with Crippen molar-refractivity contribution in [2.75, 3.05) is 6.54 Å². The van der Waals surface area contributed by atoms with E-state index in [-0.39, 0.29) is 28.4 Å². The lowest BCUT2D eigenvalue weighted by molar-refractivity contribution is -0.135. The number of carbonyl (C=O) groups excluding carboxylic acids is 2. The Morgan fingerprint density at radius 3 is 2.68 bits per heavy atom. The third-order valence-electron chi connectivity index (χ3n) is 4.81. The van der Waals surface area contributed by atoms with Crippen LogP contribution in [0.2, 0.25) is 0 Å². The molecule has 0 bridgehead atoms. The molecule has 0 aromatic carbocycles. The van der Waals surface area contributed by atoms with Gasteiger partial charge in [0.05, 0.1) is 10.9 Å². The van der Waals surface area contributed by atoms with Crippen molar-refractivity contribution in [3.8, 4) is 0 Å². The Bertz CT molecular complexity index is 1040. The van der Waals surface area contributed by atoms with Gasteiger partial charge in [-0.15, -0.1) is 0 Å². The summed E-state index contributed by atoms with van der Waals surface area (Å²) in [5.74, 6) is -0.729. The Hall–Kier alpha value is -2.97. The zero-order valence-corrected chi connectivity index (χ0v) is 16.4. The van der Waals surface area contributed by atoms with Crippen LogP contribution in [0.1, 0.15) is 68.4 Å². The molecule has 1 aliphatic rings. The Labute approximate surface area is 161 Å². The fraction of sp³-hybridized carbons (Fsp3) is 0.526. The first-order chi connectivity index (χ1) is 13.3. The van der Waals surface area contributed by atoms with Crippen molar-refractivity contribution >= 4 is 22.8 Å². The van der Waals surface area contributed by atoms with E-state index in [2.05, 4.69) is 15.4 Å². The zero-order valence-electron chi connectivity index (χ0n) is 16.4. The number of pyridine rings is 1. The molecule has 1 saturated heterocycles. The molecular formula is C19H25N5O4. The van der Waals surface area contributed by atoms with Gasteiger partial charge in [-0.05, 0) is 31.2 Å². The number of amides is 2. The molecular weight excluding hydrogens is 362 g/mol. The van der Waals surface area contributed by atoms with Gasteiger partial charge in [0.15, 0.2) is 5.65 Å². The highest BCUT2D eigenvalue weighted by Crippen LogP contribution is 2.20. The summed E-state index contributed by atoms with van der Waals surface area (Å²) in [6.45, 7) is 6.54. The Balaban J connectivity index is 2.18. The fourth-order valence-electron chi connectivity index (χ4n) is 3.31. The van der Waals surface area contributed by atoms with Crippen molar-refractivity contribution in [1.82, 2.24) is 25.0 Å². The Morgan fingerprint density at radius 1 is 1.29 bits per heavy atom. The Kier molecular flexibility index (Phi) is 5.62. The van der Waals surface area contributed by atoms with Gasteiger partial charge in [0.1, 0.15) is 0 Å². The van der Waals surface area contributed by atoms with E-state index in [0.717, 1.165) is 12.8 Å². The summed E-state index contributed by atoms with van der Waals surface area (Å²) < 4.78 is 1.38. The van der Waals surface area contributed by atoms with Crippen molar-refractivity contribution in [1.29, 1.82) is 0 Å². The van der Waals surface area contributed by atoms with E-state index in [1.54, 1.807) is 6.07 Å². The second-order valence-electron chi connectivity index (χ2n) is 7.30. The molecule has 0 radical (unpaired) electrons. The SMILES string of the molecule is CCCn1c(=O)[nH]c(=O)c2c(C(=O)NN3CCCCC3=O)cc(C(C)C)nc21. The van der Waals surface area contributed by atoms with Crippen LogP contribution >= 0.6 is 0 Å². The topological polar surface area (TPSA) is 117 Å². The Morgan fingerprint density at radius 2 is 2.04 bits per heavy atom. The van der Waals surface area contributed by atoms with E-state index >= 15 is 0 Å². The number of H-pyrrole nitrogens is 1. The van der Waals surface area contributed by atoms with Crippen LogP contribution in [-0.4, -0.2) is 37.9 Å². The summed E-state index contributed by atoms with van der Waals surface area (Å²) in [5.41, 5.74) is 2.30. The van der Waals surface area contributed by atoms with E-state index in [0.29, 0.717) is 31.6 Å². The number of hydrazine groups is 1. The molecule has 0 spiro atoms. The van der Waals surface area contributed by atoms with E-state index < -0.39 is 17.2 Å². The van der Waals surface area contributed by atoms with Gasteiger partial charge in [-0.25, -0.2) is 9.78 Å². The third kappa shape index (κ3) is 3.69. The molecule has 28 heavy (non-hydrogen) atoms. The van der Waals surface area contributed by atoms with Gasteiger partial charge in [0, 0.05) is 25.2 Å². The first-order valence-corrected chi connectivity index (χ1v) is 9.62. The summed E-state index contributed by atoms with van der Waals surface area (Å²) in [5, 5.41) is 1.35. The van der Waals surface area contributed by atoms with Crippen LogP contribution in [0, 0.1) is 0 Å². The molecule has 0 atom stereocenters. The number of rotatable bonds is 5. The monoisotopic (exact) mass is 387 g/mol. The number of nitrogens with one attached hydrogen (secondary N) is 2. The number of aromatic amines is 1. The highest BCUT2D eigenvalue weighted by molar-refractivity contribution is 6.05. The van der Waals surface area contributed by atoms with Crippen LogP contribution in [0.25, 0.3) is 11.0 Å². The molecule has 2 aromatic heterocycles. The van der Waals surface area contributed by atoms with Crippen molar-refractivity contribution < 1.29 is 9.59 Å². The average Bonchev–Trinajstić information content (AvgIpc) is 2.65. The number of aromatic nitrogens is 3. The molecule has 3 heterocycles. The normalized spacial score (nSPS) is 14.7. The fourth-order valence-corrected chi connectivity index (χ4v) is 3.31. The maximum absolute atomic E-state index is 13.0. The molecule has 0 unspecified atom stereocenters. The summed E-state index contributed by atoms with van der Waals surface area (Å²) >= 11 is 0. The van der Waals surface area contributed by atoms with Crippen molar-refractivity contribution in [3.63, 3.8) is 0 Å². The van der Waals surface area contributed by atoms with Crippen LogP contribution in [0.3, 0.4) is 0 Å².